The van der Waals surface area contributed by atoms with E-state index in [-0.39, 0.29) is 37.4 Å². The summed E-state index contributed by atoms with van der Waals surface area (Å²) in [5, 5.41) is 13.4. The first-order valence-corrected chi connectivity index (χ1v) is 17.0. The summed E-state index contributed by atoms with van der Waals surface area (Å²) in [4.78, 5) is 45.2. The van der Waals surface area contributed by atoms with Gasteiger partial charge in [-0.25, -0.2) is 13.2 Å². The van der Waals surface area contributed by atoms with Crippen molar-refractivity contribution in [3.63, 3.8) is 0 Å². The number of hydrogen-bond donors (Lipinski definition) is 3. The highest BCUT2D eigenvalue weighted by atomic mass is 35.5. The lowest BCUT2D eigenvalue weighted by Crippen LogP contribution is -2.59. The minimum Gasteiger partial charge on any atom is -0.465 e. The lowest BCUT2D eigenvalue weighted by Gasteiger charge is -2.38. The highest BCUT2D eigenvalue weighted by Crippen LogP contribution is 2.38. The minimum absolute atomic E-state index is 0.0364. The normalized spacial score (nSPS) is 21.3. The molecule has 11 nitrogen and oxygen atoms in total. The molecule has 3 heterocycles. The van der Waals surface area contributed by atoms with E-state index in [9.17, 15) is 27.9 Å². The lowest BCUT2D eigenvalue weighted by molar-refractivity contribution is -0.138. The van der Waals surface area contributed by atoms with Gasteiger partial charge in [-0.05, 0) is 47.4 Å². The van der Waals surface area contributed by atoms with Crippen molar-refractivity contribution in [1.82, 2.24) is 15.1 Å². The molecule has 2 saturated heterocycles. The second kappa shape index (κ2) is 12.2. The first-order chi connectivity index (χ1) is 21.5. The van der Waals surface area contributed by atoms with Crippen molar-refractivity contribution in [3.8, 4) is 0 Å². The summed E-state index contributed by atoms with van der Waals surface area (Å²) in [5.74, 6) is -0.767. The fraction of sp³-hybridized carbons (Fsp3) is 0.344. The highest BCUT2D eigenvalue weighted by molar-refractivity contribution is 7.92. The number of halogens is 1. The second-order valence-electron chi connectivity index (χ2n) is 11.9. The predicted molar refractivity (Wildman–Crippen MR) is 171 cm³/mol. The molecule has 0 spiro atoms. The Hall–Kier alpha value is -4.29. The van der Waals surface area contributed by atoms with Gasteiger partial charge < -0.3 is 20.2 Å². The Bertz CT molecular complexity index is 1740. The summed E-state index contributed by atoms with van der Waals surface area (Å²) in [6, 6.07) is 19.6. The van der Waals surface area contributed by atoms with Gasteiger partial charge in [0.05, 0.1) is 30.2 Å². The molecule has 3 aliphatic heterocycles. The molecular formula is C32H34ClN5O6S. The Morgan fingerprint density at radius 1 is 0.933 bits per heavy atom. The highest BCUT2D eigenvalue weighted by Gasteiger charge is 2.47. The average Bonchev–Trinajstić information content (AvgIpc) is 3.62. The van der Waals surface area contributed by atoms with E-state index in [0.29, 0.717) is 30.2 Å². The molecule has 13 heteroatoms. The monoisotopic (exact) mass is 651 g/mol. The molecule has 2 fully saturated rings. The predicted octanol–water partition coefficient (Wildman–Crippen LogP) is 3.33. The van der Waals surface area contributed by atoms with Crippen LogP contribution < -0.4 is 14.9 Å². The number of hydrogen-bond acceptors (Lipinski definition) is 6. The summed E-state index contributed by atoms with van der Waals surface area (Å²) in [7, 11) is -3.49. The van der Waals surface area contributed by atoms with Crippen LogP contribution in [-0.2, 0) is 39.0 Å². The number of anilines is 2. The topological polar surface area (TPSA) is 139 Å². The zero-order valence-electron chi connectivity index (χ0n) is 24.6. The number of nitrogens with zero attached hydrogens (tertiary/aromatic N) is 3. The van der Waals surface area contributed by atoms with Gasteiger partial charge >= 0.3 is 6.09 Å². The maximum atomic E-state index is 14.2. The number of carboxylic acid groups (broad SMARTS) is 1. The molecule has 2 bridgehead atoms. The van der Waals surface area contributed by atoms with Crippen LogP contribution in [0.1, 0.15) is 23.1 Å². The van der Waals surface area contributed by atoms with Crippen molar-refractivity contribution in [2.75, 3.05) is 29.0 Å². The third-order valence-electron chi connectivity index (χ3n) is 8.80. The Labute approximate surface area is 266 Å². The SMILES string of the molecule is CS(=O)(=O)Nc1ccccc1N1CC2CC1CN2C(=O)[C@@H](Cc1ccc(Cl)cc1)NC(=O)[C@@H]1Cc2ccccc2CN1C(=O)O. The summed E-state index contributed by atoms with van der Waals surface area (Å²) in [6.07, 6.45) is 1.02. The molecule has 0 aromatic heterocycles. The van der Waals surface area contributed by atoms with Gasteiger partial charge in [-0.2, -0.15) is 0 Å². The number of sulfonamides is 1. The number of nitrogens with one attached hydrogen (secondary N) is 2. The number of carbonyl (C=O) groups excluding carboxylic acids is 2. The zero-order chi connectivity index (χ0) is 31.9. The smallest absolute Gasteiger partial charge is 0.408 e. The molecule has 4 atom stereocenters. The van der Waals surface area contributed by atoms with Crippen molar-refractivity contribution in [2.45, 2.75) is 50.0 Å². The van der Waals surface area contributed by atoms with Crippen molar-refractivity contribution < 1.29 is 27.9 Å². The number of fused-ring (bicyclic) bond motifs is 3. The van der Waals surface area contributed by atoms with Crippen molar-refractivity contribution in [2.24, 2.45) is 0 Å². The van der Waals surface area contributed by atoms with Crippen molar-refractivity contribution in [3.05, 3.63) is 94.5 Å². The molecule has 0 radical (unpaired) electrons. The van der Waals surface area contributed by atoms with Crippen LogP contribution in [0.3, 0.4) is 0 Å². The number of likely N-dealkylation sites (tertiary alicyclic amines) is 1. The van der Waals surface area contributed by atoms with Crippen LogP contribution in [0.2, 0.25) is 5.02 Å². The molecular weight excluding hydrogens is 618 g/mol. The zero-order valence-corrected chi connectivity index (χ0v) is 26.2. The quantitative estimate of drug-likeness (QED) is 0.340. The molecule has 236 valence electrons. The summed E-state index contributed by atoms with van der Waals surface area (Å²) < 4.78 is 26.5. The van der Waals surface area contributed by atoms with Crippen LogP contribution >= 0.6 is 11.6 Å². The molecule has 2 unspecified atom stereocenters. The van der Waals surface area contributed by atoms with Gasteiger partial charge in [-0.3, -0.25) is 19.2 Å². The molecule has 3 N–H and O–H groups in total. The van der Waals surface area contributed by atoms with E-state index < -0.39 is 34.1 Å². The maximum absolute atomic E-state index is 14.2. The summed E-state index contributed by atoms with van der Waals surface area (Å²) in [5.41, 5.74) is 3.78. The number of carbonyl (C=O) groups is 3. The van der Waals surface area contributed by atoms with E-state index in [1.807, 2.05) is 36.4 Å². The van der Waals surface area contributed by atoms with Gasteiger partial charge in [0.15, 0.2) is 0 Å². The van der Waals surface area contributed by atoms with Gasteiger partial charge in [0, 0.05) is 37.0 Å². The fourth-order valence-corrected chi connectivity index (χ4v) is 7.42. The van der Waals surface area contributed by atoms with Crippen LogP contribution in [0.25, 0.3) is 0 Å². The number of rotatable bonds is 8. The largest absolute Gasteiger partial charge is 0.465 e. The van der Waals surface area contributed by atoms with Crippen LogP contribution in [-0.4, -0.2) is 84.7 Å². The van der Waals surface area contributed by atoms with Gasteiger partial charge in [-0.15, -0.1) is 0 Å². The van der Waals surface area contributed by atoms with E-state index >= 15 is 0 Å². The van der Waals surface area contributed by atoms with E-state index in [1.54, 1.807) is 41.3 Å². The third-order valence-corrected chi connectivity index (χ3v) is 9.64. The molecule has 3 aromatic rings. The van der Waals surface area contributed by atoms with Crippen LogP contribution in [0.4, 0.5) is 16.2 Å². The standard InChI is InChI=1S/C32H34ClN5O6S/c1-45(43,44)35-26-8-4-5-9-28(26)36-18-25-16-24(36)19-37(25)31(40)27(14-20-10-12-23(33)13-11-20)34-30(39)29-15-21-6-2-3-7-22(21)17-38(29)32(41)42/h2-13,24-25,27,29,35H,14-19H2,1H3,(H,34,39)(H,41,42)/t24?,25?,27-,29+/m1/s1. The Kier molecular flexibility index (Phi) is 8.36. The number of piperazine rings is 1. The second-order valence-corrected chi connectivity index (χ2v) is 14.1. The molecule has 6 rings (SSSR count). The van der Waals surface area contributed by atoms with Gasteiger partial charge in [0.1, 0.15) is 12.1 Å². The molecule has 45 heavy (non-hydrogen) atoms. The van der Waals surface area contributed by atoms with E-state index in [0.717, 1.165) is 33.5 Å². The molecule has 0 saturated carbocycles. The van der Waals surface area contributed by atoms with Crippen LogP contribution in [0.15, 0.2) is 72.8 Å². The van der Waals surface area contributed by atoms with E-state index in [4.69, 9.17) is 11.6 Å². The van der Waals surface area contributed by atoms with Crippen LogP contribution in [0.5, 0.6) is 0 Å². The van der Waals surface area contributed by atoms with Crippen LogP contribution in [0, 0.1) is 0 Å². The van der Waals surface area contributed by atoms with E-state index in [2.05, 4.69) is 14.9 Å². The third kappa shape index (κ3) is 6.57. The van der Waals surface area contributed by atoms with Gasteiger partial charge in [0.25, 0.3) is 0 Å². The molecule has 3 amide bonds. The number of amides is 3. The number of benzene rings is 3. The Morgan fingerprint density at radius 3 is 2.29 bits per heavy atom. The van der Waals surface area contributed by atoms with Gasteiger partial charge in [-0.1, -0.05) is 60.1 Å². The first kappa shape index (κ1) is 30.7. The average molecular weight is 652 g/mol. The summed E-state index contributed by atoms with van der Waals surface area (Å²) in [6.45, 7) is 0.995. The fourth-order valence-electron chi connectivity index (χ4n) is 6.72. The first-order valence-electron chi connectivity index (χ1n) is 14.7. The minimum atomic E-state index is -3.49. The van der Waals surface area contributed by atoms with E-state index in [1.165, 1.54) is 0 Å². The Balaban J connectivity index is 1.22. The number of para-hydroxylation sites is 2. The Morgan fingerprint density at radius 2 is 1.62 bits per heavy atom. The summed E-state index contributed by atoms with van der Waals surface area (Å²) >= 11 is 6.09. The maximum Gasteiger partial charge on any atom is 0.408 e. The van der Waals surface area contributed by atoms with Gasteiger partial charge in [0.2, 0.25) is 21.8 Å². The van der Waals surface area contributed by atoms with Crippen molar-refractivity contribution in [1.29, 1.82) is 0 Å². The molecule has 0 aliphatic carbocycles. The lowest BCUT2D eigenvalue weighted by atomic mass is 9.93. The molecule has 3 aromatic carbocycles. The molecule has 3 aliphatic rings. The van der Waals surface area contributed by atoms with Crippen molar-refractivity contribution >= 4 is 50.9 Å².